The summed E-state index contributed by atoms with van der Waals surface area (Å²) < 4.78 is 7.37. The van der Waals surface area contributed by atoms with E-state index in [0.29, 0.717) is 24.4 Å². The van der Waals surface area contributed by atoms with Gasteiger partial charge >= 0.3 is 0 Å². The van der Waals surface area contributed by atoms with E-state index in [0.717, 1.165) is 45.9 Å². The van der Waals surface area contributed by atoms with Crippen LogP contribution in [0.3, 0.4) is 0 Å². The molecular formula is C26H26ClN3O2. The highest BCUT2D eigenvalue weighted by atomic mass is 35.5. The second-order valence-electron chi connectivity index (χ2n) is 7.61. The average Bonchev–Trinajstić information content (AvgIpc) is 3.19. The number of methoxy groups -OCH3 is 1. The largest absolute Gasteiger partial charge is 0.497 e. The molecular weight excluding hydrogens is 422 g/mol. The number of rotatable bonds is 8. The molecule has 1 amide bonds. The Balaban J connectivity index is 1.78. The summed E-state index contributed by atoms with van der Waals surface area (Å²) in [7, 11) is 1.65. The van der Waals surface area contributed by atoms with Crippen molar-refractivity contribution in [2.24, 2.45) is 0 Å². The number of benzene rings is 2. The maximum atomic E-state index is 12.3. The number of nitrogens with zero attached hydrogens (tertiary/aromatic N) is 2. The lowest BCUT2D eigenvalue weighted by Gasteiger charge is -2.09. The molecule has 2 aromatic carbocycles. The molecule has 164 valence electrons. The molecule has 0 bridgehead atoms. The van der Waals surface area contributed by atoms with Gasteiger partial charge in [-0.05, 0) is 60.9 Å². The van der Waals surface area contributed by atoms with Crippen LogP contribution in [0.1, 0.15) is 25.5 Å². The quantitative estimate of drug-likeness (QED) is 0.372. The SMILES string of the molecule is CCCNC(=O)CCc1c(-c2ccc(OC)cc2)nc2ccc(-c3ccccc3Cl)cn12. The first-order valence-corrected chi connectivity index (χ1v) is 11.2. The molecule has 2 aromatic heterocycles. The Morgan fingerprint density at radius 3 is 2.53 bits per heavy atom. The predicted molar refractivity (Wildman–Crippen MR) is 129 cm³/mol. The smallest absolute Gasteiger partial charge is 0.220 e. The molecule has 0 atom stereocenters. The fourth-order valence-corrected chi connectivity index (χ4v) is 4.00. The Morgan fingerprint density at radius 1 is 1.06 bits per heavy atom. The zero-order valence-corrected chi connectivity index (χ0v) is 19.0. The van der Waals surface area contributed by atoms with Crippen molar-refractivity contribution in [3.05, 3.63) is 77.6 Å². The number of halogens is 1. The third-order valence-corrected chi connectivity index (χ3v) is 5.76. The molecule has 4 aromatic rings. The minimum atomic E-state index is 0.0461. The van der Waals surface area contributed by atoms with Gasteiger partial charge in [-0.15, -0.1) is 0 Å². The van der Waals surface area contributed by atoms with Crippen LogP contribution in [0.15, 0.2) is 66.9 Å². The van der Waals surface area contributed by atoms with Crippen LogP contribution in [-0.2, 0) is 11.2 Å². The molecule has 0 aliphatic carbocycles. The molecule has 6 heteroatoms. The predicted octanol–water partition coefficient (Wildman–Crippen LogP) is 5.79. The van der Waals surface area contributed by atoms with E-state index >= 15 is 0 Å². The van der Waals surface area contributed by atoms with Crippen LogP contribution in [0.5, 0.6) is 5.75 Å². The Bertz CT molecular complexity index is 1230. The Hall–Kier alpha value is -3.31. The second-order valence-corrected chi connectivity index (χ2v) is 8.02. The number of amides is 1. The monoisotopic (exact) mass is 447 g/mol. The van der Waals surface area contributed by atoms with E-state index in [2.05, 4.69) is 15.9 Å². The lowest BCUT2D eigenvalue weighted by molar-refractivity contribution is -0.121. The summed E-state index contributed by atoms with van der Waals surface area (Å²) in [5.41, 5.74) is 5.63. The Labute approximate surface area is 193 Å². The van der Waals surface area contributed by atoms with E-state index in [1.807, 2.05) is 67.6 Å². The first-order valence-electron chi connectivity index (χ1n) is 10.8. The molecule has 0 unspecified atom stereocenters. The van der Waals surface area contributed by atoms with Gasteiger partial charge in [0.1, 0.15) is 11.4 Å². The van der Waals surface area contributed by atoms with E-state index < -0.39 is 0 Å². The maximum Gasteiger partial charge on any atom is 0.220 e. The number of pyridine rings is 1. The number of fused-ring (bicyclic) bond motifs is 1. The number of carbonyl (C=O) groups excluding carboxylic acids is 1. The van der Waals surface area contributed by atoms with Crippen LogP contribution in [0.2, 0.25) is 5.02 Å². The van der Waals surface area contributed by atoms with Gasteiger partial charge in [0.2, 0.25) is 5.91 Å². The fourth-order valence-electron chi connectivity index (χ4n) is 3.75. The molecule has 0 saturated carbocycles. The van der Waals surface area contributed by atoms with Gasteiger partial charge in [0, 0.05) is 35.3 Å². The van der Waals surface area contributed by atoms with Gasteiger partial charge in [0.05, 0.1) is 18.5 Å². The molecule has 0 fully saturated rings. The summed E-state index contributed by atoms with van der Waals surface area (Å²) in [6, 6.07) is 19.6. The molecule has 0 aliphatic heterocycles. The van der Waals surface area contributed by atoms with E-state index in [9.17, 15) is 4.79 Å². The van der Waals surface area contributed by atoms with Crippen molar-refractivity contribution in [2.45, 2.75) is 26.2 Å². The van der Waals surface area contributed by atoms with E-state index in [1.54, 1.807) is 7.11 Å². The molecule has 0 saturated heterocycles. The molecule has 0 radical (unpaired) electrons. The topological polar surface area (TPSA) is 55.6 Å². The molecule has 0 aliphatic rings. The van der Waals surface area contributed by atoms with Crippen molar-refractivity contribution >= 4 is 23.2 Å². The summed E-state index contributed by atoms with van der Waals surface area (Å²) >= 11 is 6.44. The van der Waals surface area contributed by atoms with Gasteiger partial charge in [0.15, 0.2) is 0 Å². The minimum Gasteiger partial charge on any atom is -0.497 e. The fraction of sp³-hybridized carbons (Fsp3) is 0.231. The summed E-state index contributed by atoms with van der Waals surface area (Å²) in [6.45, 7) is 2.73. The zero-order valence-electron chi connectivity index (χ0n) is 18.3. The van der Waals surface area contributed by atoms with E-state index in [1.165, 1.54) is 0 Å². The number of nitrogens with one attached hydrogen (secondary N) is 1. The first kappa shape index (κ1) is 21.9. The summed E-state index contributed by atoms with van der Waals surface area (Å²) in [6.07, 6.45) is 3.94. The maximum absolute atomic E-state index is 12.3. The molecule has 5 nitrogen and oxygen atoms in total. The number of aryl methyl sites for hydroxylation is 1. The molecule has 4 rings (SSSR count). The Morgan fingerprint density at radius 2 is 1.81 bits per heavy atom. The van der Waals surface area contributed by atoms with E-state index in [-0.39, 0.29) is 5.91 Å². The molecule has 0 spiro atoms. The van der Waals surface area contributed by atoms with Crippen molar-refractivity contribution in [2.75, 3.05) is 13.7 Å². The average molecular weight is 448 g/mol. The van der Waals surface area contributed by atoms with Crippen molar-refractivity contribution in [1.82, 2.24) is 14.7 Å². The minimum absolute atomic E-state index is 0.0461. The number of aromatic nitrogens is 2. The van der Waals surface area contributed by atoms with Crippen LogP contribution < -0.4 is 10.1 Å². The third-order valence-electron chi connectivity index (χ3n) is 5.43. The lowest BCUT2D eigenvalue weighted by atomic mass is 10.1. The number of hydrogen-bond acceptors (Lipinski definition) is 3. The van der Waals surface area contributed by atoms with Crippen molar-refractivity contribution in [3.63, 3.8) is 0 Å². The van der Waals surface area contributed by atoms with Crippen molar-refractivity contribution in [3.8, 4) is 28.1 Å². The van der Waals surface area contributed by atoms with Gasteiger partial charge in [-0.1, -0.05) is 36.7 Å². The summed E-state index contributed by atoms with van der Waals surface area (Å²) in [5.74, 6) is 0.837. The van der Waals surface area contributed by atoms with Crippen LogP contribution in [0.4, 0.5) is 0 Å². The first-order chi connectivity index (χ1) is 15.6. The highest BCUT2D eigenvalue weighted by Gasteiger charge is 2.17. The number of ether oxygens (including phenoxy) is 1. The van der Waals surface area contributed by atoms with Crippen LogP contribution >= 0.6 is 11.6 Å². The van der Waals surface area contributed by atoms with Gasteiger partial charge < -0.3 is 14.5 Å². The molecule has 1 N–H and O–H groups in total. The molecule has 32 heavy (non-hydrogen) atoms. The third kappa shape index (κ3) is 4.63. The van der Waals surface area contributed by atoms with Gasteiger partial charge in [-0.25, -0.2) is 4.98 Å². The lowest BCUT2D eigenvalue weighted by Crippen LogP contribution is -2.24. The van der Waals surface area contributed by atoms with Crippen LogP contribution in [0.25, 0.3) is 28.0 Å². The second kappa shape index (κ2) is 9.88. The Kier molecular flexibility index (Phi) is 6.76. The highest BCUT2D eigenvalue weighted by Crippen LogP contribution is 2.31. The van der Waals surface area contributed by atoms with Crippen LogP contribution in [0, 0.1) is 0 Å². The normalized spacial score (nSPS) is 11.0. The van der Waals surface area contributed by atoms with Gasteiger partial charge in [-0.3, -0.25) is 4.79 Å². The van der Waals surface area contributed by atoms with Crippen molar-refractivity contribution < 1.29 is 9.53 Å². The van der Waals surface area contributed by atoms with Gasteiger partial charge in [0.25, 0.3) is 0 Å². The van der Waals surface area contributed by atoms with Crippen LogP contribution in [-0.4, -0.2) is 28.9 Å². The van der Waals surface area contributed by atoms with Crippen molar-refractivity contribution in [1.29, 1.82) is 0 Å². The number of carbonyl (C=O) groups is 1. The van der Waals surface area contributed by atoms with Gasteiger partial charge in [-0.2, -0.15) is 0 Å². The standard InChI is InChI=1S/C26H26ClN3O2/c1-3-16-28-25(31)15-13-23-26(18-8-11-20(32-2)12-9-18)29-24-14-10-19(17-30(23)24)21-6-4-5-7-22(21)27/h4-12,14,17H,3,13,15-16H2,1-2H3,(H,28,31). The number of hydrogen-bond donors (Lipinski definition) is 1. The highest BCUT2D eigenvalue weighted by molar-refractivity contribution is 6.33. The molecule has 2 heterocycles. The summed E-state index contributed by atoms with van der Waals surface area (Å²) in [4.78, 5) is 17.2. The van der Waals surface area contributed by atoms with E-state index in [4.69, 9.17) is 21.3 Å². The zero-order chi connectivity index (χ0) is 22.5. The summed E-state index contributed by atoms with van der Waals surface area (Å²) in [5, 5.41) is 3.66. The number of imidazole rings is 1.